The number of hydrogen-bond donors (Lipinski definition) is 1. The lowest BCUT2D eigenvalue weighted by Crippen LogP contribution is -2.41. The average Bonchev–Trinajstić information content (AvgIpc) is 3.22. The zero-order chi connectivity index (χ0) is 20.5. The summed E-state index contributed by atoms with van der Waals surface area (Å²) in [5.74, 6) is 2.74. The number of pyridine rings is 1. The van der Waals surface area contributed by atoms with E-state index in [4.69, 9.17) is 9.26 Å². The highest BCUT2D eigenvalue weighted by Crippen LogP contribution is 2.16. The molecule has 0 fully saturated rings. The van der Waals surface area contributed by atoms with Crippen LogP contribution in [0.2, 0.25) is 0 Å². The normalized spacial score (nSPS) is 11.3. The fourth-order valence-electron chi connectivity index (χ4n) is 2.74. The largest absolute Gasteiger partial charge is 0.491 e. The van der Waals surface area contributed by atoms with Crippen LogP contribution in [0.15, 0.2) is 58.2 Å². The molecule has 0 unspecified atom stereocenters. The van der Waals surface area contributed by atoms with E-state index in [2.05, 4.69) is 25.4 Å². The number of benzene rings is 1. The Labute approximate surface area is 170 Å². The summed E-state index contributed by atoms with van der Waals surface area (Å²) < 4.78 is 11.1. The van der Waals surface area contributed by atoms with Crippen molar-refractivity contribution in [2.24, 2.45) is 4.99 Å². The number of para-hydroxylation sites is 1. The fourth-order valence-corrected chi connectivity index (χ4v) is 2.74. The average molecular weight is 394 g/mol. The molecule has 3 rings (SSSR count). The summed E-state index contributed by atoms with van der Waals surface area (Å²) in [4.78, 5) is 14.9. The summed E-state index contributed by atoms with van der Waals surface area (Å²) in [6.07, 6.45) is 2.31. The van der Waals surface area contributed by atoms with Gasteiger partial charge in [0.2, 0.25) is 0 Å². The van der Waals surface area contributed by atoms with Crippen LogP contribution in [0.4, 0.5) is 0 Å². The Morgan fingerprint density at radius 1 is 1.21 bits per heavy atom. The molecule has 2 aromatic heterocycles. The lowest BCUT2D eigenvalue weighted by molar-refractivity contribution is 0.280. The van der Waals surface area contributed by atoms with Crippen LogP contribution in [0.5, 0.6) is 5.75 Å². The second kappa shape index (κ2) is 10.2. The molecule has 0 atom stereocenters. The zero-order valence-electron chi connectivity index (χ0n) is 17.0. The standard InChI is InChI=1S/C21H26N6O2/c1-16-8-4-5-10-18(16)28-15-14-27(3)21(22-2)24-13-11-19-25-20(29-26-19)17-9-6-7-12-23-17/h4-10,12H,11,13-15H2,1-3H3,(H,22,24). The van der Waals surface area contributed by atoms with E-state index >= 15 is 0 Å². The van der Waals surface area contributed by atoms with Gasteiger partial charge < -0.3 is 19.5 Å². The van der Waals surface area contributed by atoms with E-state index in [-0.39, 0.29) is 0 Å². The number of hydrogen-bond acceptors (Lipinski definition) is 6. The summed E-state index contributed by atoms with van der Waals surface area (Å²) in [7, 11) is 3.73. The summed E-state index contributed by atoms with van der Waals surface area (Å²) in [6, 6.07) is 13.6. The van der Waals surface area contributed by atoms with Gasteiger partial charge in [-0.05, 0) is 30.7 Å². The highest BCUT2D eigenvalue weighted by atomic mass is 16.5. The summed E-state index contributed by atoms with van der Waals surface area (Å²) >= 11 is 0. The van der Waals surface area contributed by atoms with Gasteiger partial charge in [-0.1, -0.05) is 29.4 Å². The van der Waals surface area contributed by atoms with Crippen LogP contribution in [-0.2, 0) is 6.42 Å². The molecule has 29 heavy (non-hydrogen) atoms. The predicted octanol–water partition coefficient (Wildman–Crippen LogP) is 2.57. The first-order valence-corrected chi connectivity index (χ1v) is 9.51. The summed E-state index contributed by atoms with van der Waals surface area (Å²) in [5.41, 5.74) is 1.80. The third-order valence-electron chi connectivity index (χ3n) is 4.34. The van der Waals surface area contributed by atoms with Crippen molar-refractivity contribution in [2.75, 3.05) is 33.8 Å². The monoisotopic (exact) mass is 394 g/mol. The molecule has 1 N–H and O–H groups in total. The molecule has 0 saturated heterocycles. The number of likely N-dealkylation sites (N-methyl/N-ethyl adjacent to an activating group) is 1. The number of aromatic nitrogens is 3. The Hall–Kier alpha value is -3.42. The van der Waals surface area contributed by atoms with Crippen molar-refractivity contribution in [3.63, 3.8) is 0 Å². The van der Waals surface area contributed by atoms with Crippen LogP contribution in [0.3, 0.4) is 0 Å². The third-order valence-corrected chi connectivity index (χ3v) is 4.34. The quantitative estimate of drug-likeness (QED) is 0.464. The van der Waals surface area contributed by atoms with Crippen molar-refractivity contribution in [3.8, 4) is 17.3 Å². The lowest BCUT2D eigenvalue weighted by atomic mass is 10.2. The lowest BCUT2D eigenvalue weighted by Gasteiger charge is -2.22. The Morgan fingerprint density at radius 2 is 2.03 bits per heavy atom. The molecule has 0 aliphatic carbocycles. The number of rotatable bonds is 8. The van der Waals surface area contributed by atoms with Gasteiger partial charge in [-0.15, -0.1) is 0 Å². The van der Waals surface area contributed by atoms with Crippen molar-refractivity contribution in [1.82, 2.24) is 25.3 Å². The van der Waals surface area contributed by atoms with Gasteiger partial charge in [0.25, 0.3) is 5.89 Å². The van der Waals surface area contributed by atoms with Crippen LogP contribution >= 0.6 is 0 Å². The van der Waals surface area contributed by atoms with E-state index in [0.717, 1.165) is 17.3 Å². The predicted molar refractivity (Wildman–Crippen MR) is 112 cm³/mol. The minimum Gasteiger partial charge on any atom is -0.491 e. The van der Waals surface area contributed by atoms with E-state index < -0.39 is 0 Å². The Balaban J connectivity index is 1.43. The number of ether oxygens (including phenoxy) is 1. The molecule has 3 aromatic rings. The van der Waals surface area contributed by atoms with E-state index in [1.165, 1.54) is 0 Å². The molecule has 0 radical (unpaired) electrons. The maximum atomic E-state index is 5.86. The third kappa shape index (κ3) is 5.78. The van der Waals surface area contributed by atoms with Crippen LogP contribution < -0.4 is 10.1 Å². The number of nitrogens with one attached hydrogen (secondary N) is 1. The molecular formula is C21H26N6O2. The molecule has 0 aliphatic rings. The molecule has 1 aromatic carbocycles. The Morgan fingerprint density at radius 3 is 2.79 bits per heavy atom. The maximum Gasteiger partial charge on any atom is 0.276 e. The number of aryl methyl sites for hydroxylation is 1. The maximum absolute atomic E-state index is 5.86. The first-order valence-electron chi connectivity index (χ1n) is 9.51. The van der Waals surface area contributed by atoms with Gasteiger partial charge in [-0.3, -0.25) is 9.98 Å². The Kier molecular flexibility index (Phi) is 7.16. The summed E-state index contributed by atoms with van der Waals surface area (Å²) in [6.45, 7) is 3.95. The molecule has 0 saturated carbocycles. The highest BCUT2D eigenvalue weighted by Gasteiger charge is 2.11. The molecule has 8 nitrogen and oxygen atoms in total. The SMILES string of the molecule is CN=C(NCCc1noc(-c2ccccn2)n1)N(C)CCOc1ccccc1C. The molecule has 8 heteroatoms. The van der Waals surface area contributed by atoms with Crippen molar-refractivity contribution in [1.29, 1.82) is 0 Å². The van der Waals surface area contributed by atoms with Crippen LogP contribution in [0, 0.1) is 6.92 Å². The van der Waals surface area contributed by atoms with E-state index in [1.54, 1.807) is 13.2 Å². The number of nitrogens with zero attached hydrogens (tertiary/aromatic N) is 5. The number of aliphatic imine (C=N–C) groups is 1. The highest BCUT2D eigenvalue weighted by molar-refractivity contribution is 5.79. The minimum absolute atomic E-state index is 0.426. The smallest absolute Gasteiger partial charge is 0.276 e. The van der Waals surface area contributed by atoms with Crippen molar-refractivity contribution < 1.29 is 9.26 Å². The van der Waals surface area contributed by atoms with E-state index in [9.17, 15) is 0 Å². The molecule has 152 valence electrons. The van der Waals surface area contributed by atoms with Gasteiger partial charge in [0.15, 0.2) is 11.8 Å². The second-order valence-corrected chi connectivity index (χ2v) is 6.49. The first-order chi connectivity index (χ1) is 14.2. The van der Waals surface area contributed by atoms with Gasteiger partial charge >= 0.3 is 0 Å². The molecule has 0 aliphatic heterocycles. The molecule has 2 heterocycles. The van der Waals surface area contributed by atoms with Gasteiger partial charge in [0.05, 0.1) is 6.54 Å². The van der Waals surface area contributed by atoms with Crippen LogP contribution in [0.25, 0.3) is 11.6 Å². The zero-order valence-corrected chi connectivity index (χ0v) is 17.0. The van der Waals surface area contributed by atoms with E-state index in [0.29, 0.717) is 43.5 Å². The molecule has 0 bridgehead atoms. The topological polar surface area (TPSA) is 88.7 Å². The molecule has 0 amide bonds. The van der Waals surface area contributed by atoms with Gasteiger partial charge in [0, 0.05) is 33.3 Å². The second-order valence-electron chi connectivity index (χ2n) is 6.49. The van der Waals surface area contributed by atoms with Gasteiger partial charge in [-0.2, -0.15) is 4.98 Å². The fraction of sp³-hybridized carbons (Fsp3) is 0.333. The van der Waals surface area contributed by atoms with Crippen molar-refractivity contribution >= 4 is 5.96 Å². The van der Waals surface area contributed by atoms with Crippen LogP contribution in [0.1, 0.15) is 11.4 Å². The minimum atomic E-state index is 0.426. The van der Waals surface area contributed by atoms with Gasteiger partial charge in [0.1, 0.15) is 18.1 Å². The van der Waals surface area contributed by atoms with E-state index in [1.807, 2.05) is 61.3 Å². The number of guanidine groups is 1. The molecule has 0 spiro atoms. The van der Waals surface area contributed by atoms with Gasteiger partial charge in [-0.25, -0.2) is 0 Å². The summed E-state index contributed by atoms with van der Waals surface area (Å²) in [5, 5.41) is 7.32. The molecular weight excluding hydrogens is 368 g/mol. The first kappa shape index (κ1) is 20.3. The Bertz CT molecular complexity index is 926. The van der Waals surface area contributed by atoms with Crippen LogP contribution in [-0.4, -0.2) is 59.8 Å². The van der Waals surface area contributed by atoms with Crippen molar-refractivity contribution in [2.45, 2.75) is 13.3 Å². The van der Waals surface area contributed by atoms with Crippen molar-refractivity contribution in [3.05, 3.63) is 60.0 Å².